The van der Waals surface area contributed by atoms with Crippen molar-refractivity contribution in [3.63, 3.8) is 0 Å². The zero-order valence-corrected chi connectivity index (χ0v) is 5.97. The molecule has 56 valence electrons. The van der Waals surface area contributed by atoms with E-state index in [1.807, 2.05) is 0 Å². The highest BCUT2D eigenvalue weighted by molar-refractivity contribution is 6.17. The van der Waals surface area contributed by atoms with Crippen molar-refractivity contribution in [2.24, 2.45) is 11.7 Å². The predicted octanol–water partition coefficient (Wildman–Crippen LogP) is -0.283. The summed E-state index contributed by atoms with van der Waals surface area (Å²) >= 11 is 0. The molecule has 0 saturated heterocycles. The van der Waals surface area contributed by atoms with Crippen LogP contribution in [0.1, 0.15) is 13.8 Å². The number of ketones is 2. The summed E-state index contributed by atoms with van der Waals surface area (Å²) in [6.07, 6.45) is 0. The molecular weight excluding hydrogens is 132 g/mol. The minimum Gasteiger partial charge on any atom is -0.387 e. The number of amidine groups is 1. The minimum atomic E-state index is -1.03. The molecule has 0 heterocycles. The summed E-state index contributed by atoms with van der Waals surface area (Å²) < 4.78 is 0. The van der Waals surface area contributed by atoms with Crippen LogP contribution < -0.4 is 5.73 Å². The average Bonchev–Trinajstić information content (AvgIpc) is 1.59. The zero-order chi connectivity index (χ0) is 8.31. The lowest BCUT2D eigenvalue weighted by Crippen LogP contribution is -2.33. The number of nitrogens with one attached hydrogen (secondary N) is 1. The standard InChI is InChI=1S/C6H10N2O2/c1-3(9)5(4(2)10)6(7)8/h5H,1-2H3,(H3,7,8). The topological polar surface area (TPSA) is 84.0 Å². The van der Waals surface area contributed by atoms with Crippen molar-refractivity contribution < 1.29 is 9.59 Å². The van der Waals surface area contributed by atoms with Crippen LogP contribution in [0, 0.1) is 11.3 Å². The normalized spacial score (nSPS) is 9.50. The predicted molar refractivity (Wildman–Crippen MR) is 36.8 cm³/mol. The highest BCUT2D eigenvalue weighted by Gasteiger charge is 2.21. The summed E-state index contributed by atoms with van der Waals surface area (Å²) in [5.74, 6) is -2.15. The van der Waals surface area contributed by atoms with Gasteiger partial charge in [-0.05, 0) is 13.8 Å². The van der Waals surface area contributed by atoms with Gasteiger partial charge in [0.25, 0.3) is 0 Å². The number of hydrogen-bond acceptors (Lipinski definition) is 3. The van der Waals surface area contributed by atoms with Gasteiger partial charge in [-0.2, -0.15) is 0 Å². The first-order chi connectivity index (χ1) is 4.46. The number of nitrogens with two attached hydrogens (primary N) is 1. The molecule has 3 N–H and O–H groups in total. The van der Waals surface area contributed by atoms with E-state index in [2.05, 4.69) is 0 Å². The highest BCUT2D eigenvalue weighted by Crippen LogP contribution is 1.98. The Kier molecular flexibility index (Phi) is 2.73. The van der Waals surface area contributed by atoms with Gasteiger partial charge in [-0.15, -0.1) is 0 Å². The number of Topliss-reactive ketones (excluding diaryl/α,β-unsaturated/α-hetero) is 2. The molecule has 0 aliphatic rings. The fraction of sp³-hybridized carbons (Fsp3) is 0.500. The molecular formula is C6H10N2O2. The Morgan fingerprint density at radius 1 is 1.30 bits per heavy atom. The molecule has 10 heavy (non-hydrogen) atoms. The van der Waals surface area contributed by atoms with Crippen molar-refractivity contribution in [1.29, 1.82) is 5.41 Å². The monoisotopic (exact) mass is 142 g/mol. The molecule has 0 saturated carbocycles. The van der Waals surface area contributed by atoms with Crippen LogP contribution in [-0.4, -0.2) is 17.4 Å². The first-order valence-corrected chi connectivity index (χ1v) is 2.81. The van der Waals surface area contributed by atoms with Crippen LogP contribution in [0.25, 0.3) is 0 Å². The van der Waals surface area contributed by atoms with Crippen LogP contribution in [-0.2, 0) is 9.59 Å². The van der Waals surface area contributed by atoms with Crippen LogP contribution in [0.15, 0.2) is 0 Å². The molecule has 0 amide bonds. The molecule has 0 radical (unpaired) electrons. The van der Waals surface area contributed by atoms with Crippen molar-refractivity contribution in [1.82, 2.24) is 0 Å². The fourth-order valence-electron chi connectivity index (χ4n) is 0.724. The molecule has 0 unspecified atom stereocenters. The second-order valence-corrected chi connectivity index (χ2v) is 2.11. The maximum atomic E-state index is 10.6. The average molecular weight is 142 g/mol. The molecule has 0 rings (SSSR count). The van der Waals surface area contributed by atoms with Crippen LogP contribution >= 0.6 is 0 Å². The third kappa shape index (κ3) is 1.97. The zero-order valence-electron chi connectivity index (χ0n) is 5.97. The third-order valence-corrected chi connectivity index (χ3v) is 1.12. The molecule has 0 fully saturated rings. The minimum absolute atomic E-state index is 0.375. The van der Waals surface area contributed by atoms with Crippen molar-refractivity contribution in [2.75, 3.05) is 0 Å². The SMILES string of the molecule is CC(=O)C(C(=N)N)C(C)=O. The Morgan fingerprint density at radius 3 is 1.60 bits per heavy atom. The lowest BCUT2D eigenvalue weighted by Gasteiger charge is -2.05. The van der Waals surface area contributed by atoms with Gasteiger partial charge in [0.1, 0.15) is 23.3 Å². The smallest absolute Gasteiger partial charge is 0.147 e. The Balaban J connectivity index is 4.43. The Morgan fingerprint density at radius 2 is 1.60 bits per heavy atom. The van der Waals surface area contributed by atoms with Crippen LogP contribution in [0.5, 0.6) is 0 Å². The first kappa shape index (κ1) is 8.81. The van der Waals surface area contributed by atoms with Crippen LogP contribution in [0.2, 0.25) is 0 Å². The van der Waals surface area contributed by atoms with E-state index in [0.29, 0.717) is 0 Å². The molecule has 4 heteroatoms. The number of rotatable bonds is 3. The van der Waals surface area contributed by atoms with Crippen LogP contribution in [0.3, 0.4) is 0 Å². The van der Waals surface area contributed by atoms with Gasteiger partial charge in [-0.3, -0.25) is 15.0 Å². The Hall–Kier alpha value is -1.19. The number of carbonyl (C=O) groups excluding carboxylic acids is 2. The number of carbonyl (C=O) groups is 2. The molecule has 0 atom stereocenters. The van der Waals surface area contributed by atoms with Gasteiger partial charge >= 0.3 is 0 Å². The van der Waals surface area contributed by atoms with Gasteiger partial charge in [0.15, 0.2) is 0 Å². The molecule has 0 aliphatic heterocycles. The maximum absolute atomic E-state index is 10.6. The summed E-state index contributed by atoms with van der Waals surface area (Å²) in [7, 11) is 0. The third-order valence-electron chi connectivity index (χ3n) is 1.12. The van der Waals surface area contributed by atoms with Gasteiger partial charge in [0.2, 0.25) is 0 Å². The summed E-state index contributed by atoms with van der Waals surface area (Å²) in [5, 5.41) is 6.85. The molecule has 0 aromatic carbocycles. The van der Waals surface area contributed by atoms with Crippen LogP contribution in [0.4, 0.5) is 0 Å². The molecule has 0 aliphatic carbocycles. The molecule has 0 spiro atoms. The van der Waals surface area contributed by atoms with E-state index in [0.717, 1.165) is 0 Å². The van der Waals surface area contributed by atoms with Gasteiger partial charge in [0.05, 0.1) is 0 Å². The lowest BCUT2D eigenvalue weighted by molar-refractivity contribution is -0.127. The van der Waals surface area contributed by atoms with E-state index < -0.39 is 5.92 Å². The first-order valence-electron chi connectivity index (χ1n) is 2.81. The molecule has 0 aromatic heterocycles. The summed E-state index contributed by atoms with van der Waals surface area (Å²) in [5.41, 5.74) is 4.98. The van der Waals surface area contributed by atoms with Gasteiger partial charge < -0.3 is 5.73 Å². The molecule has 4 nitrogen and oxygen atoms in total. The summed E-state index contributed by atoms with van der Waals surface area (Å²) in [4.78, 5) is 21.2. The van der Waals surface area contributed by atoms with E-state index in [9.17, 15) is 9.59 Å². The second kappa shape index (κ2) is 3.10. The van der Waals surface area contributed by atoms with Crippen molar-refractivity contribution in [3.8, 4) is 0 Å². The number of hydrogen-bond donors (Lipinski definition) is 2. The summed E-state index contributed by atoms with van der Waals surface area (Å²) in [6, 6.07) is 0. The Bertz CT molecular complexity index is 153. The van der Waals surface area contributed by atoms with E-state index in [4.69, 9.17) is 11.1 Å². The van der Waals surface area contributed by atoms with E-state index >= 15 is 0 Å². The van der Waals surface area contributed by atoms with E-state index in [1.54, 1.807) is 0 Å². The van der Waals surface area contributed by atoms with Crippen molar-refractivity contribution in [3.05, 3.63) is 0 Å². The van der Waals surface area contributed by atoms with E-state index in [1.165, 1.54) is 13.8 Å². The van der Waals surface area contributed by atoms with Crippen molar-refractivity contribution >= 4 is 17.4 Å². The maximum Gasteiger partial charge on any atom is 0.147 e. The van der Waals surface area contributed by atoms with E-state index in [-0.39, 0.29) is 17.4 Å². The second-order valence-electron chi connectivity index (χ2n) is 2.11. The fourth-order valence-corrected chi connectivity index (χ4v) is 0.724. The van der Waals surface area contributed by atoms with Gasteiger partial charge in [0, 0.05) is 0 Å². The highest BCUT2D eigenvalue weighted by atomic mass is 16.1. The largest absolute Gasteiger partial charge is 0.387 e. The van der Waals surface area contributed by atoms with Gasteiger partial charge in [-0.1, -0.05) is 0 Å². The molecule has 0 bridgehead atoms. The van der Waals surface area contributed by atoms with Crippen molar-refractivity contribution in [2.45, 2.75) is 13.8 Å². The summed E-state index contributed by atoms with van der Waals surface area (Å²) in [6.45, 7) is 2.49. The van der Waals surface area contributed by atoms with Gasteiger partial charge in [-0.25, -0.2) is 0 Å². The lowest BCUT2D eigenvalue weighted by atomic mass is 10.0. The molecule has 0 aromatic rings. The quantitative estimate of drug-likeness (QED) is 0.323. The Labute approximate surface area is 58.9 Å².